The van der Waals surface area contributed by atoms with Crippen molar-refractivity contribution in [2.45, 2.75) is 0 Å². The van der Waals surface area contributed by atoms with Gasteiger partial charge < -0.3 is 0 Å². The van der Waals surface area contributed by atoms with Gasteiger partial charge in [0.05, 0.1) is 11.2 Å². The minimum Gasteiger partial charge on any atom is -0.248 e. The third-order valence-electron chi connectivity index (χ3n) is 3.72. The predicted molar refractivity (Wildman–Crippen MR) is 100 cm³/mol. The van der Waals surface area contributed by atoms with Crippen molar-refractivity contribution >= 4 is 34.4 Å². The monoisotopic (exact) mass is 313 g/mol. The summed E-state index contributed by atoms with van der Waals surface area (Å²) in [5, 5.41) is 1.17. The van der Waals surface area contributed by atoms with Gasteiger partial charge in [0.2, 0.25) is 0 Å². The zero-order chi connectivity index (χ0) is 15.5. The predicted octanol–water partition coefficient (Wildman–Crippen LogP) is 6.13. The second-order valence-electron chi connectivity index (χ2n) is 5.33. The van der Waals surface area contributed by atoms with Gasteiger partial charge in [-0.1, -0.05) is 54.6 Å². The van der Waals surface area contributed by atoms with Crippen LogP contribution < -0.4 is 0 Å². The molecule has 0 N–H and O–H groups in total. The molecule has 0 saturated heterocycles. The fourth-order valence-electron chi connectivity index (χ4n) is 2.54. The van der Waals surface area contributed by atoms with E-state index in [1.807, 2.05) is 24.3 Å². The van der Waals surface area contributed by atoms with Crippen LogP contribution in [0.15, 0.2) is 78.9 Å². The second-order valence-corrected chi connectivity index (χ2v) is 6.45. The number of para-hydroxylation sites is 1. The first-order valence-electron chi connectivity index (χ1n) is 7.58. The molecule has 2 aromatic heterocycles. The molecule has 2 heterocycles. The van der Waals surface area contributed by atoms with Crippen molar-refractivity contribution in [1.29, 1.82) is 0 Å². The summed E-state index contributed by atoms with van der Waals surface area (Å²) >= 11 is 1.79. The van der Waals surface area contributed by atoms with Gasteiger partial charge in [-0.2, -0.15) is 0 Å². The summed E-state index contributed by atoms with van der Waals surface area (Å²) in [5.74, 6) is 0. The van der Waals surface area contributed by atoms with Gasteiger partial charge in [-0.3, -0.25) is 0 Å². The van der Waals surface area contributed by atoms with Crippen molar-refractivity contribution < 1.29 is 0 Å². The van der Waals surface area contributed by atoms with Gasteiger partial charge in [0.1, 0.15) is 0 Å². The van der Waals surface area contributed by atoms with Crippen LogP contribution in [-0.2, 0) is 0 Å². The summed E-state index contributed by atoms with van der Waals surface area (Å²) in [6.45, 7) is 0. The van der Waals surface area contributed by atoms with E-state index in [2.05, 4.69) is 71.7 Å². The van der Waals surface area contributed by atoms with Crippen LogP contribution in [0.2, 0.25) is 0 Å². The Morgan fingerprint density at radius 1 is 0.696 bits per heavy atom. The van der Waals surface area contributed by atoms with Gasteiger partial charge in [-0.25, -0.2) is 4.98 Å². The van der Waals surface area contributed by atoms with Gasteiger partial charge in [-0.05, 0) is 42.0 Å². The van der Waals surface area contributed by atoms with Crippen LogP contribution in [0.1, 0.15) is 10.6 Å². The first kappa shape index (κ1) is 13.9. The van der Waals surface area contributed by atoms with E-state index >= 15 is 0 Å². The summed E-state index contributed by atoms with van der Waals surface area (Å²) in [6, 6.07) is 27.2. The van der Waals surface area contributed by atoms with E-state index in [1.165, 1.54) is 20.7 Å². The van der Waals surface area contributed by atoms with Crippen molar-refractivity contribution in [3.63, 3.8) is 0 Å². The molecule has 2 heteroatoms. The molecule has 0 bridgehead atoms. The average Bonchev–Trinajstić information content (AvgIpc) is 3.10. The summed E-state index contributed by atoms with van der Waals surface area (Å²) in [7, 11) is 0. The van der Waals surface area contributed by atoms with Crippen molar-refractivity contribution in [1.82, 2.24) is 4.98 Å². The van der Waals surface area contributed by atoms with Crippen LogP contribution in [0.4, 0.5) is 0 Å². The Morgan fingerprint density at radius 2 is 1.52 bits per heavy atom. The fourth-order valence-corrected chi connectivity index (χ4v) is 3.46. The lowest BCUT2D eigenvalue weighted by Crippen LogP contribution is -1.81. The minimum absolute atomic E-state index is 0.985. The molecule has 1 nitrogen and oxygen atoms in total. The molecule has 4 rings (SSSR count). The number of rotatable bonds is 3. The zero-order valence-corrected chi connectivity index (χ0v) is 13.3. The smallest absolute Gasteiger partial charge is 0.0709 e. The van der Waals surface area contributed by atoms with E-state index in [4.69, 9.17) is 0 Å². The van der Waals surface area contributed by atoms with Crippen molar-refractivity contribution in [3.05, 3.63) is 89.4 Å². The molecule has 0 amide bonds. The maximum Gasteiger partial charge on any atom is 0.0709 e. The maximum absolute atomic E-state index is 4.67. The number of thiophene rings is 1. The van der Waals surface area contributed by atoms with Crippen LogP contribution >= 0.6 is 11.3 Å². The highest BCUT2D eigenvalue weighted by Gasteiger charge is 2.00. The first-order valence-corrected chi connectivity index (χ1v) is 8.39. The van der Waals surface area contributed by atoms with Crippen molar-refractivity contribution in [2.24, 2.45) is 0 Å². The van der Waals surface area contributed by atoms with E-state index in [-0.39, 0.29) is 0 Å². The molecule has 0 radical (unpaired) electrons. The highest BCUT2D eigenvalue weighted by atomic mass is 32.1. The van der Waals surface area contributed by atoms with Gasteiger partial charge in [-0.15, -0.1) is 11.3 Å². The van der Waals surface area contributed by atoms with E-state index in [0.717, 1.165) is 11.2 Å². The molecule has 0 fully saturated rings. The molecule has 0 unspecified atom stereocenters. The Morgan fingerprint density at radius 3 is 2.43 bits per heavy atom. The lowest BCUT2D eigenvalue weighted by molar-refractivity contribution is 1.37. The molecule has 23 heavy (non-hydrogen) atoms. The Balaban J connectivity index is 1.59. The zero-order valence-electron chi connectivity index (χ0n) is 12.5. The number of hydrogen-bond donors (Lipinski definition) is 0. The third-order valence-corrected chi connectivity index (χ3v) is 4.82. The van der Waals surface area contributed by atoms with Crippen LogP contribution in [0.5, 0.6) is 0 Å². The molecule has 0 atom stereocenters. The lowest BCUT2D eigenvalue weighted by atomic mass is 10.2. The van der Waals surface area contributed by atoms with E-state index in [1.54, 1.807) is 11.3 Å². The van der Waals surface area contributed by atoms with Gasteiger partial charge >= 0.3 is 0 Å². The summed E-state index contributed by atoms with van der Waals surface area (Å²) in [4.78, 5) is 7.20. The summed E-state index contributed by atoms with van der Waals surface area (Å²) in [5.41, 5.74) is 3.28. The number of nitrogens with zero attached hydrogens (tertiary/aromatic N) is 1. The maximum atomic E-state index is 4.67. The Kier molecular flexibility index (Phi) is 3.75. The van der Waals surface area contributed by atoms with Crippen LogP contribution in [0, 0.1) is 0 Å². The summed E-state index contributed by atoms with van der Waals surface area (Å²) < 4.78 is 0. The quantitative estimate of drug-likeness (QED) is 0.443. The molecule has 0 aliphatic carbocycles. The molecule has 0 aliphatic rings. The van der Waals surface area contributed by atoms with E-state index in [9.17, 15) is 0 Å². The van der Waals surface area contributed by atoms with E-state index < -0.39 is 0 Å². The molecular formula is C21H15NS. The highest BCUT2D eigenvalue weighted by molar-refractivity contribution is 7.16. The minimum atomic E-state index is 0.985. The van der Waals surface area contributed by atoms with Crippen molar-refractivity contribution in [3.8, 4) is 10.4 Å². The SMILES string of the molecule is C(=C\c1ccc(-c2ccccc2)s1)/c1ccc2ccccc2n1. The van der Waals surface area contributed by atoms with Gasteiger partial charge in [0.25, 0.3) is 0 Å². The van der Waals surface area contributed by atoms with E-state index in [0.29, 0.717) is 0 Å². The largest absolute Gasteiger partial charge is 0.248 e. The van der Waals surface area contributed by atoms with Crippen LogP contribution in [-0.4, -0.2) is 4.98 Å². The standard InChI is InChI=1S/C21H15NS/c1-2-7-17(8-3-1)21-15-14-19(23-21)13-12-18-11-10-16-6-4-5-9-20(16)22-18/h1-15H/b13-12+. The molecule has 0 aliphatic heterocycles. The Hall–Kier alpha value is -2.71. The second kappa shape index (κ2) is 6.19. The number of pyridine rings is 1. The van der Waals surface area contributed by atoms with Crippen LogP contribution in [0.25, 0.3) is 33.5 Å². The fraction of sp³-hybridized carbons (Fsp3) is 0. The molecule has 2 aromatic carbocycles. The number of fused-ring (bicyclic) bond motifs is 1. The highest BCUT2D eigenvalue weighted by Crippen LogP contribution is 2.28. The number of aromatic nitrogens is 1. The number of benzene rings is 2. The van der Waals surface area contributed by atoms with Gasteiger partial charge in [0.15, 0.2) is 0 Å². The Bertz CT molecular complexity index is 967. The third kappa shape index (κ3) is 3.08. The van der Waals surface area contributed by atoms with Crippen LogP contribution in [0.3, 0.4) is 0 Å². The molecule has 4 aromatic rings. The first-order chi connectivity index (χ1) is 11.4. The Labute approximate surface area is 139 Å². The average molecular weight is 313 g/mol. The molecular weight excluding hydrogens is 298 g/mol. The molecule has 110 valence electrons. The summed E-state index contributed by atoms with van der Waals surface area (Å²) in [6.07, 6.45) is 4.21. The van der Waals surface area contributed by atoms with Crippen molar-refractivity contribution in [2.75, 3.05) is 0 Å². The normalized spacial score (nSPS) is 11.3. The topological polar surface area (TPSA) is 12.9 Å². The molecule has 0 spiro atoms. The number of hydrogen-bond acceptors (Lipinski definition) is 2. The molecule has 0 saturated carbocycles. The van der Waals surface area contributed by atoms with Gasteiger partial charge in [0, 0.05) is 15.1 Å². The lowest BCUT2D eigenvalue weighted by Gasteiger charge is -1.98.